The Bertz CT molecular complexity index is 1050. The van der Waals surface area contributed by atoms with Crippen molar-refractivity contribution in [3.05, 3.63) is 64.8 Å². The van der Waals surface area contributed by atoms with Gasteiger partial charge < -0.3 is 15.4 Å². The largest absolute Gasteiger partial charge is 0.497 e. The summed E-state index contributed by atoms with van der Waals surface area (Å²) in [5.41, 5.74) is 2.92. The highest BCUT2D eigenvalue weighted by atomic mass is 35.5. The molecule has 7 heteroatoms. The number of rotatable bonds is 5. The Morgan fingerprint density at radius 3 is 2.59 bits per heavy atom. The molecule has 148 valence electrons. The predicted molar refractivity (Wildman–Crippen MR) is 115 cm³/mol. The van der Waals surface area contributed by atoms with Gasteiger partial charge in [0.2, 0.25) is 5.95 Å². The summed E-state index contributed by atoms with van der Waals surface area (Å²) >= 11 is 5.97. The minimum atomic E-state index is 0.0576. The van der Waals surface area contributed by atoms with E-state index in [1.54, 1.807) is 19.2 Å². The Morgan fingerprint density at radius 2 is 1.83 bits per heavy atom. The van der Waals surface area contributed by atoms with Crippen LogP contribution in [0.15, 0.2) is 48.5 Å². The Morgan fingerprint density at radius 1 is 1.03 bits per heavy atom. The molecule has 29 heavy (non-hydrogen) atoms. The quantitative estimate of drug-likeness (QED) is 0.589. The number of carbonyl (C=O) groups excluding carboxylic acids is 1. The number of methoxy groups -OCH3 is 1. The van der Waals surface area contributed by atoms with Gasteiger partial charge in [0.1, 0.15) is 11.6 Å². The zero-order valence-corrected chi connectivity index (χ0v) is 17.0. The van der Waals surface area contributed by atoms with Crippen LogP contribution in [-0.4, -0.2) is 22.9 Å². The summed E-state index contributed by atoms with van der Waals surface area (Å²) in [4.78, 5) is 22.0. The standard InChI is InChI=1S/C22H21ClN4O2/c1-13-10-18-20(19(28)11-13)21(24-16-4-3-5-17(12-16)29-2)27-22(26-18)25-15-8-6-14(23)7-9-15/h3-9,12-13H,10-11H2,1-2H3,(H2,24,25,26,27). The van der Waals surface area contributed by atoms with Crippen LogP contribution in [0, 0.1) is 5.92 Å². The van der Waals surface area contributed by atoms with Crippen LogP contribution >= 0.6 is 11.6 Å². The van der Waals surface area contributed by atoms with Gasteiger partial charge in [-0.05, 0) is 48.7 Å². The van der Waals surface area contributed by atoms with Gasteiger partial charge in [0.15, 0.2) is 5.78 Å². The molecule has 3 aromatic rings. The lowest BCUT2D eigenvalue weighted by atomic mass is 9.87. The second-order valence-corrected chi connectivity index (χ2v) is 7.58. The number of halogens is 1. The smallest absolute Gasteiger partial charge is 0.229 e. The third-order valence-corrected chi connectivity index (χ3v) is 5.02. The normalized spacial score (nSPS) is 15.6. The number of carbonyl (C=O) groups is 1. The van der Waals surface area contributed by atoms with Crippen LogP contribution in [0.2, 0.25) is 5.02 Å². The van der Waals surface area contributed by atoms with E-state index in [4.69, 9.17) is 16.3 Å². The number of ketones is 1. The third-order valence-electron chi connectivity index (χ3n) is 4.77. The van der Waals surface area contributed by atoms with Crippen LogP contribution in [0.4, 0.5) is 23.1 Å². The minimum Gasteiger partial charge on any atom is -0.497 e. The first-order chi connectivity index (χ1) is 14.0. The molecule has 2 N–H and O–H groups in total. The van der Waals surface area contributed by atoms with E-state index in [9.17, 15) is 4.79 Å². The summed E-state index contributed by atoms with van der Waals surface area (Å²) in [5, 5.41) is 7.13. The molecule has 2 aromatic carbocycles. The molecule has 0 fully saturated rings. The van der Waals surface area contributed by atoms with E-state index < -0.39 is 0 Å². The average molecular weight is 409 g/mol. The van der Waals surface area contributed by atoms with Gasteiger partial charge >= 0.3 is 0 Å². The van der Waals surface area contributed by atoms with Crippen molar-refractivity contribution in [2.75, 3.05) is 17.7 Å². The molecule has 0 bridgehead atoms. The van der Waals surface area contributed by atoms with Crippen LogP contribution in [0.5, 0.6) is 5.75 Å². The summed E-state index contributed by atoms with van der Waals surface area (Å²) in [7, 11) is 1.62. The van der Waals surface area contributed by atoms with Crippen molar-refractivity contribution in [3.63, 3.8) is 0 Å². The number of Topliss-reactive ketones (excluding diaryl/α,β-unsaturated/α-hetero) is 1. The van der Waals surface area contributed by atoms with Gasteiger partial charge in [0.25, 0.3) is 0 Å². The monoisotopic (exact) mass is 408 g/mol. The number of hydrogen-bond donors (Lipinski definition) is 2. The number of nitrogens with zero attached hydrogens (tertiary/aromatic N) is 2. The Kier molecular flexibility index (Phi) is 5.36. The SMILES string of the molecule is COc1cccc(Nc2nc(Nc3ccc(Cl)cc3)nc3c2C(=O)CC(C)C3)c1. The average Bonchev–Trinajstić information content (AvgIpc) is 2.69. The number of fused-ring (bicyclic) bond motifs is 1. The number of aromatic nitrogens is 2. The third kappa shape index (κ3) is 4.32. The first-order valence-corrected chi connectivity index (χ1v) is 9.77. The summed E-state index contributed by atoms with van der Waals surface area (Å²) in [6, 6.07) is 14.8. The molecule has 0 saturated heterocycles. The molecule has 1 aliphatic rings. The van der Waals surface area contributed by atoms with Crippen molar-refractivity contribution < 1.29 is 9.53 Å². The van der Waals surface area contributed by atoms with E-state index in [-0.39, 0.29) is 11.7 Å². The predicted octanol–water partition coefficient (Wildman–Crippen LogP) is 5.39. The summed E-state index contributed by atoms with van der Waals surface area (Å²) < 4.78 is 5.29. The van der Waals surface area contributed by atoms with Crippen molar-refractivity contribution in [2.45, 2.75) is 19.8 Å². The Balaban J connectivity index is 1.74. The molecule has 4 rings (SSSR count). The van der Waals surface area contributed by atoms with Gasteiger partial charge in [0, 0.05) is 28.9 Å². The van der Waals surface area contributed by atoms with Crippen LogP contribution in [-0.2, 0) is 6.42 Å². The molecule has 0 spiro atoms. The molecular formula is C22H21ClN4O2. The van der Waals surface area contributed by atoms with E-state index in [2.05, 4.69) is 27.5 Å². The van der Waals surface area contributed by atoms with E-state index in [1.165, 1.54) is 0 Å². The Labute approximate surface area is 174 Å². The number of benzene rings is 2. The lowest BCUT2D eigenvalue weighted by molar-refractivity contribution is 0.0953. The fourth-order valence-corrected chi connectivity index (χ4v) is 3.54. The molecule has 6 nitrogen and oxygen atoms in total. The zero-order valence-electron chi connectivity index (χ0n) is 16.2. The summed E-state index contributed by atoms with van der Waals surface area (Å²) in [6.07, 6.45) is 1.22. The van der Waals surface area contributed by atoms with Crippen molar-refractivity contribution in [3.8, 4) is 5.75 Å². The maximum Gasteiger partial charge on any atom is 0.229 e. The molecule has 0 amide bonds. The molecule has 1 aliphatic carbocycles. The molecule has 1 atom stereocenters. The fourth-order valence-electron chi connectivity index (χ4n) is 3.41. The topological polar surface area (TPSA) is 76.1 Å². The van der Waals surface area contributed by atoms with E-state index in [0.717, 1.165) is 29.2 Å². The molecular weight excluding hydrogens is 388 g/mol. The van der Waals surface area contributed by atoms with E-state index in [0.29, 0.717) is 28.8 Å². The number of nitrogens with one attached hydrogen (secondary N) is 2. The van der Waals surface area contributed by atoms with Crippen molar-refractivity contribution in [1.82, 2.24) is 9.97 Å². The first-order valence-electron chi connectivity index (χ1n) is 9.39. The van der Waals surface area contributed by atoms with Crippen LogP contribution in [0.25, 0.3) is 0 Å². The molecule has 1 unspecified atom stereocenters. The maximum atomic E-state index is 12.8. The zero-order chi connectivity index (χ0) is 20.4. The van der Waals surface area contributed by atoms with Gasteiger partial charge in [-0.15, -0.1) is 0 Å². The molecule has 0 radical (unpaired) electrons. The van der Waals surface area contributed by atoms with Crippen molar-refractivity contribution >= 4 is 40.5 Å². The van der Waals surface area contributed by atoms with Gasteiger partial charge in [-0.3, -0.25) is 4.79 Å². The van der Waals surface area contributed by atoms with Gasteiger partial charge in [-0.1, -0.05) is 24.6 Å². The van der Waals surface area contributed by atoms with Crippen LogP contribution < -0.4 is 15.4 Å². The van der Waals surface area contributed by atoms with Gasteiger partial charge in [0.05, 0.1) is 18.4 Å². The molecule has 0 saturated carbocycles. The van der Waals surface area contributed by atoms with Gasteiger partial charge in [-0.2, -0.15) is 4.98 Å². The molecule has 1 heterocycles. The van der Waals surface area contributed by atoms with E-state index >= 15 is 0 Å². The summed E-state index contributed by atoms with van der Waals surface area (Å²) in [5.74, 6) is 1.95. The lowest BCUT2D eigenvalue weighted by Gasteiger charge is -2.23. The number of anilines is 4. The molecule has 1 aromatic heterocycles. The van der Waals surface area contributed by atoms with Crippen molar-refractivity contribution in [1.29, 1.82) is 0 Å². The molecule has 0 aliphatic heterocycles. The Hall–Kier alpha value is -3.12. The number of ether oxygens (including phenoxy) is 1. The highest BCUT2D eigenvalue weighted by Crippen LogP contribution is 2.32. The van der Waals surface area contributed by atoms with Crippen molar-refractivity contribution in [2.24, 2.45) is 5.92 Å². The maximum absolute atomic E-state index is 12.8. The van der Waals surface area contributed by atoms with Crippen LogP contribution in [0.1, 0.15) is 29.4 Å². The van der Waals surface area contributed by atoms with Gasteiger partial charge in [-0.25, -0.2) is 4.98 Å². The number of hydrogen-bond acceptors (Lipinski definition) is 6. The summed E-state index contributed by atoms with van der Waals surface area (Å²) in [6.45, 7) is 2.06. The van der Waals surface area contributed by atoms with Crippen LogP contribution in [0.3, 0.4) is 0 Å². The lowest BCUT2D eigenvalue weighted by Crippen LogP contribution is -2.22. The van der Waals surface area contributed by atoms with E-state index in [1.807, 2.05) is 36.4 Å². The fraction of sp³-hybridized carbons (Fsp3) is 0.227. The minimum absolute atomic E-state index is 0.0576. The second kappa shape index (κ2) is 8.09. The first kappa shape index (κ1) is 19.2. The highest BCUT2D eigenvalue weighted by molar-refractivity contribution is 6.30. The highest BCUT2D eigenvalue weighted by Gasteiger charge is 2.28. The second-order valence-electron chi connectivity index (χ2n) is 7.14.